The van der Waals surface area contributed by atoms with E-state index in [0.29, 0.717) is 5.76 Å². The summed E-state index contributed by atoms with van der Waals surface area (Å²) in [6.07, 6.45) is 9.55. The lowest BCUT2D eigenvalue weighted by Gasteiger charge is -1.93. The Morgan fingerprint density at radius 2 is 2.06 bits per heavy atom. The van der Waals surface area contributed by atoms with E-state index >= 15 is 0 Å². The van der Waals surface area contributed by atoms with E-state index in [4.69, 9.17) is 4.74 Å². The van der Waals surface area contributed by atoms with Crippen LogP contribution in [-0.2, 0) is 9.53 Å². The monoisotopic (exact) mass is 221 g/mol. The van der Waals surface area contributed by atoms with Crippen molar-refractivity contribution in [2.24, 2.45) is 0 Å². The first kappa shape index (κ1) is 10.9. The Balaban J connectivity index is 1.99. The van der Waals surface area contributed by atoms with Gasteiger partial charge in [-0.05, 0) is 12.1 Å². The van der Waals surface area contributed by atoms with Gasteiger partial charge in [0, 0.05) is 17.6 Å². The summed E-state index contributed by atoms with van der Waals surface area (Å²) in [5, 5.41) is 0. The Hall–Kier alpha value is -2.62. The second-order valence-corrected chi connectivity index (χ2v) is 3.24. The van der Waals surface area contributed by atoms with Crippen molar-refractivity contribution in [3.8, 4) is 11.8 Å². The van der Waals surface area contributed by atoms with Crippen molar-refractivity contribution < 1.29 is 9.53 Å². The van der Waals surface area contributed by atoms with E-state index in [1.165, 1.54) is 0 Å². The van der Waals surface area contributed by atoms with E-state index < -0.39 is 5.97 Å². The number of benzene rings is 1. The molecule has 0 bridgehead atoms. The number of carbonyl (C=O) groups excluding carboxylic acids is 1. The van der Waals surface area contributed by atoms with E-state index in [2.05, 4.69) is 17.9 Å². The Bertz CT molecular complexity index is 552. The minimum Gasteiger partial charge on any atom is -0.350 e. The van der Waals surface area contributed by atoms with Gasteiger partial charge in [0.05, 0.1) is 12.2 Å². The highest BCUT2D eigenvalue weighted by Gasteiger charge is 2.08. The quantitative estimate of drug-likeness (QED) is 0.413. The summed E-state index contributed by atoms with van der Waals surface area (Å²) in [5.41, 5.74) is 0.782. The lowest BCUT2D eigenvalue weighted by atomic mass is 10.2. The highest BCUT2D eigenvalue weighted by molar-refractivity contribution is 5.90. The number of rotatable bonds is 1. The fraction of sp³-hybridized carbons (Fsp3) is 0. The summed E-state index contributed by atoms with van der Waals surface area (Å²) in [7, 11) is 0. The van der Waals surface area contributed by atoms with Gasteiger partial charge < -0.3 is 4.74 Å². The van der Waals surface area contributed by atoms with Gasteiger partial charge in [0.1, 0.15) is 12.2 Å². The summed E-state index contributed by atoms with van der Waals surface area (Å²) >= 11 is 0. The fourth-order valence-corrected chi connectivity index (χ4v) is 1.22. The molecule has 0 amide bonds. The largest absolute Gasteiger partial charge is 0.403 e. The molecule has 1 aliphatic rings. The predicted octanol–water partition coefficient (Wildman–Crippen LogP) is 2.39. The third-order valence-electron chi connectivity index (χ3n) is 1.97. The maximum Gasteiger partial charge on any atom is 0.403 e. The minimum absolute atomic E-state index is 0.444. The zero-order valence-electron chi connectivity index (χ0n) is 9.01. The molecular weight excluding hydrogens is 212 g/mol. The van der Waals surface area contributed by atoms with Gasteiger partial charge in [0.25, 0.3) is 0 Å². The number of hydrogen-bond acceptors (Lipinski definition) is 2. The third-order valence-corrected chi connectivity index (χ3v) is 1.97. The van der Waals surface area contributed by atoms with Crippen LogP contribution in [0.5, 0.6) is 0 Å². The van der Waals surface area contributed by atoms with Crippen LogP contribution in [0, 0.1) is 17.9 Å². The van der Waals surface area contributed by atoms with E-state index in [-0.39, 0.29) is 0 Å². The molecule has 1 aromatic rings. The minimum atomic E-state index is -0.576. The molecule has 2 rings (SSSR count). The molecule has 0 fully saturated rings. The number of hydrogen-bond donors (Lipinski definition) is 0. The van der Waals surface area contributed by atoms with Crippen molar-refractivity contribution >= 4 is 5.97 Å². The molecule has 0 aromatic heterocycles. The van der Waals surface area contributed by atoms with Gasteiger partial charge >= 0.3 is 5.97 Å². The third kappa shape index (κ3) is 3.46. The Kier molecular flexibility index (Phi) is 3.50. The number of carbonyl (C=O) groups is 1. The van der Waals surface area contributed by atoms with Crippen LogP contribution in [0.25, 0.3) is 0 Å². The number of ether oxygens (including phenoxy) is 1. The van der Waals surface area contributed by atoms with Gasteiger partial charge in [0.15, 0.2) is 0 Å². The SMILES string of the molecule is O=C(C#Cc1ccccc1)OC1=CC=C[C+]=C1. The molecule has 0 aliphatic heterocycles. The molecule has 17 heavy (non-hydrogen) atoms. The average Bonchev–Trinajstić information content (AvgIpc) is 2.39. The average molecular weight is 221 g/mol. The smallest absolute Gasteiger partial charge is 0.350 e. The molecular formula is C15H9O2+. The lowest BCUT2D eigenvalue weighted by molar-refractivity contribution is -0.132. The zero-order chi connectivity index (χ0) is 11.9. The molecule has 0 radical (unpaired) electrons. The number of esters is 1. The van der Waals surface area contributed by atoms with Crippen molar-refractivity contribution in [1.29, 1.82) is 0 Å². The van der Waals surface area contributed by atoms with Gasteiger partial charge in [-0.1, -0.05) is 24.1 Å². The molecule has 0 atom stereocenters. The Labute approximate surface area is 99.9 Å². The molecule has 2 heteroatoms. The summed E-state index contributed by atoms with van der Waals surface area (Å²) in [5.74, 6) is 5.02. The molecule has 2 nitrogen and oxygen atoms in total. The van der Waals surface area contributed by atoms with Crippen molar-refractivity contribution in [2.45, 2.75) is 0 Å². The zero-order valence-corrected chi connectivity index (χ0v) is 9.01. The molecule has 0 heterocycles. The molecule has 80 valence electrons. The van der Waals surface area contributed by atoms with Crippen LogP contribution < -0.4 is 0 Å². The van der Waals surface area contributed by atoms with Crippen molar-refractivity contribution in [3.63, 3.8) is 0 Å². The molecule has 1 aliphatic carbocycles. The van der Waals surface area contributed by atoms with E-state index in [9.17, 15) is 4.79 Å². The fourth-order valence-electron chi connectivity index (χ4n) is 1.22. The van der Waals surface area contributed by atoms with Crippen LogP contribution in [0.15, 0.2) is 60.4 Å². The summed E-state index contributed by atoms with van der Waals surface area (Å²) in [6, 6.07) is 9.28. The van der Waals surface area contributed by atoms with E-state index in [1.807, 2.05) is 30.3 Å². The molecule has 0 saturated carbocycles. The molecule has 0 spiro atoms. The normalized spacial score (nSPS) is 11.9. The van der Waals surface area contributed by atoms with Crippen LogP contribution in [0.3, 0.4) is 0 Å². The number of allylic oxidation sites excluding steroid dienone is 5. The lowest BCUT2D eigenvalue weighted by Crippen LogP contribution is -2.00. The van der Waals surface area contributed by atoms with Crippen LogP contribution >= 0.6 is 0 Å². The maximum atomic E-state index is 11.4. The first-order valence-corrected chi connectivity index (χ1v) is 5.09. The van der Waals surface area contributed by atoms with Gasteiger partial charge in [-0.2, -0.15) is 0 Å². The first-order valence-electron chi connectivity index (χ1n) is 5.09. The summed E-state index contributed by atoms with van der Waals surface area (Å²) < 4.78 is 4.99. The van der Waals surface area contributed by atoms with Gasteiger partial charge in [-0.15, -0.1) is 0 Å². The van der Waals surface area contributed by atoms with Crippen LogP contribution in [0.1, 0.15) is 5.56 Å². The second kappa shape index (κ2) is 5.46. The molecule has 0 saturated heterocycles. The van der Waals surface area contributed by atoms with Gasteiger partial charge in [-0.25, -0.2) is 4.79 Å². The van der Waals surface area contributed by atoms with Crippen LogP contribution in [0.2, 0.25) is 0 Å². The van der Waals surface area contributed by atoms with Gasteiger partial charge in [-0.3, -0.25) is 0 Å². The Morgan fingerprint density at radius 3 is 2.76 bits per heavy atom. The molecule has 1 aromatic carbocycles. The maximum absolute atomic E-state index is 11.4. The van der Waals surface area contributed by atoms with E-state index in [0.717, 1.165) is 5.56 Å². The van der Waals surface area contributed by atoms with Crippen LogP contribution in [0.4, 0.5) is 0 Å². The van der Waals surface area contributed by atoms with Crippen LogP contribution in [-0.4, -0.2) is 5.97 Å². The first-order chi connectivity index (χ1) is 8.34. The van der Waals surface area contributed by atoms with Crippen molar-refractivity contribution in [1.82, 2.24) is 0 Å². The molecule has 0 unspecified atom stereocenters. The Morgan fingerprint density at radius 1 is 1.24 bits per heavy atom. The van der Waals surface area contributed by atoms with E-state index in [1.54, 1.807) is 24.3 Å². The van der Waals surface area contributed by atoms with Gasteiger partial charge in [0.2, 0.25) is 5.76 Å². The summed E-state index contributed by atoms with van der Waals surface area (Å²) in [4.78, 5) is 11.4. The van der Waals surface area contributed by atoms with Crippen molar-refractivity contribution in [2.75, 3.05) is 0 Å². The topological polar surface area (TPSA) is 26.3 Å². The second-order valence-electron chi connectivity index (χ2n) is 3.24. The molecule has 0 N–H and O–H groups in total. The van der Waals surface area contributed by atoms with Crippen molar-refractivity contribution in [3.05, 3.63) is 72.0 Å². The summed E-state index contributed by atoms with van der Waals surface area (Å²) in [6.45, 7) is 0. The predicted molar refractivity (Wildman–Crippen MR) is 64.4 cm³/mol. The highest BCUT2D eigenvalue weighted by Crippen LogP contribution is 2.04. The standard InChI is InChI=1S/C15H9O2/c16-15(17-14-9-5-2-6-10-14)12-11-13-7-3-1-4-8-13/h1-5,7-10H/q+1. The highest BCUT2D eigenvalue weighted by atomic mass is 16.5.